The number of carbonyl (C=O) groups is 2. The molecule has 0 saturated heterocycles. The number of nitrogens with zero attached hydrogens (tertiary/aromatic N) is 1. The fraction of sp³-hybridized carbons (Fsp3) is 0.188. The second-order valence-electron chi connectivity index (χ2n) is 4.72. The van der Waals surface area contributed by atoms with E-state index in [4.69, 9.17) is 4.74 Å². The molecule has 24 heavy (non-hydrogen) atoms. The number of rotatable bonds is 5. The first kappa shape index (κ1) is 17.9. The van der Waals surface area contributed by atoms with Gasteiger partial charge in [-0.15, -0.1) is 0 Å². The van der Waals surface area contributed by atoms with Crippen molar-refractivity contribution in [2.45, 2.75) is 6.42 Å². The Bertz CT molecular complexity index is 783. The van der Waals surface area contributed by atoms with E-state index in [2.05, 4.69) is 31.0 Å². The van der Waals surface area contributed by atoms with Gasteiger partial charge in [0.2, 0.25) is 5.91 Å². The van der Waals surface area contributed by atoms with E-state index in [1.54, 1.807) is 0 Å². The van der Waals surface area contributed by atoms with E-state index >= 15 is 0 Å². The van der Waals surface area contributed by atoms with Crippen LogP contribution in [0.25, 0.3) is 0 Å². The Hall–Kier alpha value is -2.48. The summed E-state index contributed by atoms with van der Waals surface area (Å²) in [6.07, 6.45) is 1.18. The lowest BCUT2D eigenvalue weighted by Crippen LogP contribution is -2.16. The van der Waals surface area contributed by atoms with Gasteiger partial charge in [0.15, 0.2) is 0 Å². The number of pyridine rings is 1. The first-order chi connectivity index (χ1) is 11.4. The third kappa shape index (κ3) is 4.29. The first-order valence-electron chi connectivity index (χ1n) is 6.80. The van der Waals surface area contributed by atoms with Crippen molar-refractivity contribution in [3.05, 3.63) is 52.0 Å². The average molecular weight is 397 g/mol. The minimum Gasteiger partial charge on any atom is -0.496 e. The zero-order chi connectivity index (χ0) is 17.7. The molecule has 0 fully saturated rings. The zero-order valence-corrected chi connectivity index (χ0v) is 14.5. The van der Waals surface area contributed by atoms with Gasteiger partial charge in [0, 0.05) is 17.4 Å². The Labute approximate surface area is 146 Å². The highest BCUT2D eigenvalue weighted by molar-refractivity contribution is 9.10. The molecule has 0 unspecified atom stereocenters. The molecule has 6 nitrogen and oxygen atoms in total. The highest BCUT2D eigenvalue weighted by Gasteiger charge is 2.14. The Morgan fingerprint density at radius 3 is 2.71 bits per heavy atom. The lowest BCUT2D eigenvalue weighted by Gasteiger charge is -2.09. The van der Waals surface area contributed by atoms with Gasteiger partial charge in [-0.1, -0.05) is 0 Å². The Morgan fingerprint density at radius 1 is 1.29 bits per heavy atom. The number of nitrogens with one attached hydrogen (secondary N) is 1. The number of ether oxygens (including phenoxy) is 2. The van der Waals surface area contributed by atoms with Gasteiger partial charge in [0.25, 0.3) is 0 Å². The maximum absolute atomic E-state index is 13.9. The van der Waals surface area contributed by atoms with E-state index < -0.39 is 17.7 Å². The fourth-order valence-corrected chi connectivity index (χ4v) is 2.44. The Morgan fingerprint density at radius 2 is 2.04 bits per heavy atom. The number of anilines is 1. The van der Waals surface area contributed by atoms with Crippen LogP contribution >= 0.6 is 15.9 Å². The number of amides is 1. The van der Waals surface area contributed by atoms with E-state index in [0.29, 0.717) is 15.9 Å². The van der Waals surface area contributed by atoms with Crippen LogP contribution in [-0.4, -0.2) is 31.1 Å². The number of methoxy groups -OCH3 is 2. The summed E-state index contributed by atoms with van der Waals surface area (Å²) in [6, 6.07) is 5.58. The highest BCUT2D eigenvalue weighted by atomic mass is 79.9. The molecule has 0 saturated carbocycles. The molecule has 1 aromatic heterocycles. The third-order valence-corrected chi connectivity index (χ3v) is 3.73. The van der Waals surface area contributed by atoms with Crippen LogP contribution in [0.4, 0.5) is 10.1 Å². The van der Waals surface area contributed by atoms with Gasteiger partial charge in [-0.25, -0.2) is 14.2 Å². The highest BCUT2D eigenvalue weighted by Crippen LogP contribution is 2.28. The van der Waals surface area contributed by atoms with Crippen LogP contribution < -0.4 is 10.1 Å². The normalized spacial score (nSPS) is 10.2. The first-order valence-corrected chi connectivity index (χ1v) is 7.60. The van der Waals surface area contributed by atoms with Crippen molar-refractivity contribution in [1.29, 1.82) is 0 Å². The second-order valence-corrected chi connectivity index (χ2v) is 5.58. The maximum Gasteiger partial charge on any atom is 0.356 e. The van der Waals surface area contributed by atoms with Crippen molar-refractivity contribution in [1.82, 2.24) is 4.98 Å². The van der Waals surface area contributed by atoms with Crippen LogP contribution in [0.5, 0.6) is 5.75 Å². The van der Waals surface area contributed by atoms with Crippen molar-refractivity contribution in [3.8, 4) is 5.75 Å². The molecule has 0 aliphatic heterocycles. The van der Waals surface area contributed by atoms with Crippen LogP contribution in [0.1, 0.15) is 16.1 Å². The van der Waals surface area contributed by atoms with Gasteiger partial charge in [0.05, 0.1) is 25.1 Å². The molecule has 0 atom stereocenters. The third-order valence-electron chi connectivity index (χ3n) is 3.11. The zero-order valence-electron chi connectivity index (χ0n) is 12.9. The summed E-state index contributed by atoms with van der Waals surface area (Å²) in [5, 5.41) is 2.58. The topological polar surface area (TPSA) is 77.5 Å². The maximum atomic E-state index is 13.9. The molecule has 2 rings (SSSR count). The SMILES string of the molecule is COC(=O)c1cc(NC(=O)Cc2cc(OC)c(Br)cc2F)ccn1. The summed E-state index contributed by atoms with van der Waals surface area (Å²) in [5.74, 6) is -1.16. The molecule has 8 heteroatoms. The summed E-state index contributed by atoms with van der Waals surface area (Å²) in [6.45, 7) is 0. The Kier molecular flexibility index (Phi) is 5.86. The van der Waals surface area contributed by atoms with Crippen molar-refractivity contribution in [2.24, 2.45) is 0 Å². The van der Waals surface area contributed by atoms with Gasteiger partial charge in [-0.2, -0.15) is 0 Å². The monoisotopic (exact) mass is 396 g/mol. The second kappa shape index (κ2) is 7.87. The molecule has 2 aromatic rings. The molecule has 1 amide bonds. The number of carbonyl (C=O) groups excluding carboxylic acids is 2. The molecule has 0 aliphatic carbocycles. The molecular formula is C16H14BrFN2O4. The molecule has 126 valence electrons. The van der Waals surface area contributed by atoms with E-state index in [1.165, 1.54) is 44.7 Å². The molecule has 1 aromatic carbocycles. The number of aromatic nitrogens is 1. The van der Waals surface area contributed by atoms with E-state index in [1.807, 2.05) is 0 Å². The fourth-order valence-electron chi connectivity index (χ4n) is 1.97. The molecule has 1 heterocycles. The molecule has 0 spiro atoms. The lowest BCUT2D eigenvalue weighted by molar-refractivity contribution is -0.115. The smallest absolute Gasteiger partial charge is 0.356 e. The molecule has 1 N–H and O–H groups in total. The molecule has 0 aliphatic rings. The number of halogens is 2. The number of hydrogen-bond acceptors (Lipinski definition) is 5. The predicted octanol–water partition coefficient (Wildman–Crippen LogP) is 2.96. The van der Waals surface area contributed by atoms with Crippen LogP contribution in [0.3, 0.4) is 0 Å². The summed E-state index contributed by atoms with van der Waals surface area (Å²) >= 11 is 3.17. The van der Waals surface area contributed by atoms with E-state index in [0.717, 1.165) is 0 Å². The van der Waals surface area contributed by atoms with Crippen LogP contribution in [0, 0.1) is 5.82 Å². The lowest BCUT2D eigenvalue weighted by atomic mass is 10.1. The standard InChI is InChI=1S/C16H14BrFN2O4/c1-23-14-5-9(12(18)8-11(14)17)6-15(21)20-10-3-4-19-13(7-10)16(22)24-2/h3-5,7-8H,6H2,1-2H3,(H,19,20,21). The van der Waals surface area contributed by atoms with E-state index in [9.17, 15) is 14.0 Å². The van der Waals surface area contributed by atoms with Gasteiger partial charge in [-0.3, -0.25) is 4.79 Å². The average Bonchev–Trinajstić information content (AvgIpc) is 2.56. The molecule has 0 radical (unpaired) electrons. The summed E-state index contributed by atoms with van der Waals surface area (Å²) < 4.78 is 24.1. The van der Waals surface area contributed by atoms with Crippen LogP contribution in [0.2, 0.25) is 0 Å². The number of hydrogen-bond donors (Lipinski definition) is 1. The Balaban J connectivity index is 2.13. The number of esters is 1. The molecule has 0 bridgehead atoms. The van der Waals surface area contributed by atoms with Gasteiger partial charge in [0.1, 0.15) is 17.3 Å². The largest absolute Gasteiger partial charge is 0.496 e. The van der Waals surface area contributed by atoms with Gasteiger partial charge in [-0.05, 0) is 40.2 Å². The van der Waals surface area contributed by atoms with Crippen LogP contribution in [0.15, 0.2) is 34.9 Å². The summed E-state index contributed by atoms with van der Waals surface area (Å²) in [5.41, 5.74) is 0.612. The van der Waals surface area contributed by atoms with Crippen molar-refractivity contribution >= 4 is 33.5 Å². The van der Waals surface area contributed by atoms with Crippen molar-refractivity contribution in [3.63, 3.8) is 0 Å². The minimum atomic E-state index is -0.616. The summed E-state index contributed by atoms with van der Waals surface area (Å²) in [7, 11) is 2.69. The van der Waals surface area contributed by atoms with Gasteiger partial charge < -0.3 is 14.8 Å². The van der Waals surface area contributed by atoms with E-state index in [-0.39, 0.29) is 17.7 Å². The van der Waals surface area contributed by atoms with Crippen molar-refractivity contribution in [2.75, 3.05) is 19.5 Å². The van der Waals surface area contributed by atoms with Crippen molar-refractivity contribution < 1.29 is 23.5 Å². The summed E-state index contributed by atoms with van der Waals surface area (Å²) in [4.78, 5) is 27.4. The molecular weight excluding hydrogens is 383 g/mol. The van der Waals surface area contributed by atoms with Gasteiger partial charge >= 0.3 is 5.97 Å². The van der Waals surface area contributed by atoms with Crippen LogP contribution in [-0.2, 0) is 16.0 Å². The minimum absolute atomic E-state index is 0.0618. The predicted molar refractivity (Wildman–Crippen MR) is 88.6 cm³/mol. The number of benzene rings is 1. The quantitative estimate of drug-likeness (QED) is 0.786.